The summed E-state index contributed by atoms with van der Waals surface area (Å²) >= 11 is 0. The van der Waals surface area contributed by atoms with Crippen molar-refractivity contribution in [2.45, 2.75) is 6.92 Å². The number of fused-ring (bicyclic) bond motifs is 3. The monoisotopic (exact) mass is 503 g/mol. The van der Waals surface area contributed by atoms with Crippen LogP contribution in [0.5, 0.6) is 0 Å². The second kappa shape index (κ2) is 10.7. The van der Waals surface area contributed by atoms with Crippen LogP contribution in [0.25, 0.3) is 38.6 Å². The third kappa shape index (κ3) is 4.55. The SMILES string of the molecule is C=C/C=C\C(=C/C)N(c1ccccc1)c1ccc(-c2cncc(-n3c4ccccc4c4ccccc43)c2)cc1. The average molecular weight is 504 g/mol. The number of hydrogen-bond donors (Lipinski definition) is 0. The second-order valence-corrected chi connectivity index (χ2v) is 9.33. The molecule has 0 saturated carbocycles. The average Bonchev–Trinajstić information content (AvgIpc) is 3.34. The van der Waals surface area contributed by atoms with Gasteiger partial charge >= 0.3 is 0 Å². The first-order valence-electron chi connectivity index (χ1n) is 13.1. The predicted molar refractivity (Wildman–Crippen MR) is 166 cm³/mol. The van der Waals surface area contributed by atoms with E-state index >= 15 is 0 Å². The summed E-state index contributed by atoms with van der Waals surface area (Å²) in [4.78, 5) is 6.90. The molecule has 2 aromatic heterocycles. The van der Waals surface area contributed by atoms with Gasteiger partial charge in [0.25, 0.3) is 0 Å². The van der Waals surface area contributed by atoms with Crippen LogP contribution in [0.3, 0.4) is 0 Å². The zero-order chi connectivity index (χ0) is 26.6. The highest BCUT2D eigenvalue weighted by molar-refractivity contribution is 6.09. The molecule has 0 aliphatic rings. The number of pyridine rings is 1. The lowest BCUT2D eigenvalue weighted by Crippen LogP contribution is -2.14. The lowest BCUT2D eigenvalue weighted by atomic mass is 10.1. The van der Waals surface area contributed by atoms with Crippen LogP contribution in [0.15, 0.2) is 158 Å². The molecular weight excluding hydrogens is 474 g/mol. The summed E-state index contributed by atoms with van der Waals surface area (Å²) in [7, 11) is 0. The van der Waals surface area contributed by atoms with Crippen molar-refractivity contribution in [1.82, 2.24) is 9.55 Å². The molecule has 0 radical (unpaired) electrons. The van der Waals surface area contributed by atoms with Gasteiger partial charge in [0.05, 0.1) is 22.9 Å². The molecule has 0 amide bonds. The van der Waals surface area contributed by atoms with Gasteiger partial charge in [0.1, 0.15) is 0 Å². The summed E-state index contributed by atoms with van der Waals surface area (Å²) in [5.74, 6) is 0. The zero-order valence-corrected chi connectivity index (χ0v) is 21.9. The molecule has 39 heavy (non-hydrogen) atoms. The third-order valence-corrected chi connectivity index (χ3v) is 6.99. The first kappa shape index (κ1) is 24.2. The maximum atomic E-state index is 4.65. The normalized spacial score (nSPS) is 11.9. The molecule has 2 heterocycles. The highest BCUT2D eigenvalue weighted by Gasteiger charge is 2.14. The van der Waals surface area contributed by atoms with Crippen molar-refractivity contribution in [1.29, 1.82) is 0 Å². The number of nitrogens with zero attached hydrogens (tertiary/aromatic N) is 3. The van der Waals surface area contributed by atoms with Crippen molar-refractivity contribution in [3.63, 3.8) is 0 Å². The van der Waals surface area contributed by atoms with Gasteiger partial charge in [-0.05, 0) is 61.0 Å². The van der Waals surface area contributed by atoms with E-state index in [0.29, 0.717) is 0 Å². The van der Waals surface area contributed by atoms with Crippen molar-refractivity contribution < 1.29 is 0 Å². The van der Waals surface area contributed by atoms with Gasteiger partial charge in [-0.25, -0.2) is 0 Å². The fourth-order valence-electron chi connectivity index (χ4n) is 5.20. The Balaban J connectivity index is 1.41. The smallest absolute Gasteiger partial charge is 0.0651 e. The molecule has 3 heteroatoms. The predicted octanol–water partition coefficient (Wildman–Crippen LogP) is 9.63. The highest BCUT2D eigenvalue weighted by Crippen LogP contribution is 2.34. The van der Waals surface area contributed by atoms with E-state index in [2.05, 4.69) is 143 Å². The lowest BCUT2D eigenvalue weighted by Gasteiger charge is -2.26. The molecule has 0 aliphatic heterocycles. The van der Waals surface area contributed by atoms with Crippen LogP contribution in [0, 0.1) is 0 Å². The van der Waals surface area contributed by atoms with Crippen molar-refractivity contribution in [3.05, 3.63) is 158 Å². The molecule has 0 spiro atoms. The Morgan fingerprint density at radius 2 is 1.33 bits per heavy atom. The van der Waals surface area contributed by atoms with E-state index in [1.54, 1.807) is 6.08 Å². The Morgan fingerprint density at radius 1 is 0.718 bits per heavy atom. The lowest BCUT2D eigenvalue weighted by molar-refractivity contribution is 1.14. The van der Waals surface area contributed by atoms with Crippen LogP contribution in [-0.4, -0.2) is 9.55 Å². The van der Waals surface area contributed by atoms with E-state index in [-0.39, 0.29) is 0 Å². The van der Waals surface area contributed by atoms with Gasteiger partial charge in [-0.2, -0.15) is 0 Å². The van der Waals surface area contributed by atoms with Gasteiger partial charge in [0.2, 0.25) is 0 Å². The van der Waals surface area contributed by atoms with Crippen LogP contribution in [0.2, 0.25) is 0 Å². The Bertz CT molecular complexity index is 1770. The molecule has 188 valence electrons. The quantitative estimate of drug-likeness (QED) is 0.202. The Morgan fingerprint density at radius 3 is 1.97 bits per heavy atom. The first-order chi connectivity index (χ1) is 19.3. The highest BCUT2D eigenvalue weighted by atomic mass is 15.1. The molecule has 0 fully saturated rings. The molecule has 0 N–H and O–H groups in total. The fraction of sp³-hybridized carbons (Fsp3) is 0.0278. The van der Waals surface area contributed by atoms with Crippen LogP contribution in [-0.2, 0) is 0 Å². The number of benzene rings is 4. The van der Waals surface area contributed by atoms with Crippen LogP contribution >= 0.6 is 0 Å². The number of rotatable bonds is 7. The Kier molecular flexibility index (Phi) is 6.63. The van der Waals surface area contributed by atoms with E-state index in [0.717, 1.165) is 33.9 Å². The topological polar surface area (TPSA) is 21.1 Å². The third-order valence-electron chi connectivity index (χ3n) is 6.99. The number of para-hydroxylation sites is 3. The molecule has 0 unspecified atom stereocenters. The molecule has 0 bridgehead atoms. The maximum absolute atomic E-state index is 4.65. The number of aromatic nitrogens is 2. The van der Waals surface area contributed by atoms with E-state index in [1.807, 2.05) is 24.5 Å². The van der Waals surface area contributed by atoms with Crippen molar-refractivity contribution in [2.75, 3.05) is 4.90 Å². The van der Waals surface area contributed by atoms with Gasteiger partial charge in [-0.15, -0.1) is 0 Å². The van der Waals surface area contributed by atoms with Crippen LogP contribution in [0.4, 0.5) is 11.4 Å². The second-order valence-electron chi connectivity index (χ2n) is 9.33. The minimum atomic E-state index is 1.05. The number of allylic oxidation sites excluding steroid dienone is 4. The Labute approximate surface area is 229 Å². The summed E-state index contributed by atoms with van der Waals surface area (Å²) in [6, 6.07) is 38.4. The summed E-state index contributed by atoms with van der Waals surface area (Å²) in [6.45, 7) is 5.89. The molecule has 0 atom stereocenters. The standard InChI is InChI=1S/C36H29N3/c1-3-5-13-29(4-2)38(30-14-7-6-8-15-30)31-22-20-27(21-23-31)28-24-32(26-37-25-28)39-35-18-11-9-16-33(35)34-17-10-12-19-36(34)39/h3-26H,1H2,2H3/b13-5-,29-4+. The van der Waals surface area contributed by atoms with Gasteiger partial charge in [0, 0.05) is 39.6 Å². The number of hydrogen-bond acceptors (Lipinski definition) is 2. The minimum absolute atomic E-state index is 1.05. The molecule has 0 saturated heterocycles. The molecule has 6 aromatic rings. The van der Waals surface area contributed by atoms with Crippen LogP contribution in [0.1, 0.15) is 6.92 Å². The van der Waals surface area contributed by atoms with E-state index < -0.39 is 0 Å². The van der Waals surface area contributed by atoms with Crippen LogP contribution < -0.4 is 4.90 Å². The maximum Gasteiger partial charge on any atom is 0.0651 e. The summed E-state index contributed by atoms with van der Waals surface area (Å²) in [5.41, 5.74) is 8.85. The van der Waals surface area contributed by atoms with E-state index in [9.17, 15) is 0 Å². The van der Waals surface area contributed by atoms with Gasteiger partial charge < -0.3 is 9.47 Å². The van der Waals surface area contributed by atoms with Gasteiger partial charge in [-0.3, -0.25) is 4.98 Å². The Hall–Kier alpha value is -5.15. The van der Waals surface area contributed by atoms with E-state index in [1.165, 1.54) is 21.8 Å². The largest absolute Gasteiger partial charge is 0.311 e. The molecular formula is C36H29N3. The molecule has 0 aliphatic carbocycles. The van der Waals surface area contributed by atoms with Gasteiger partial charge in [-0.1, -0.05) is 91.5 Å². The molecule has 4 aromatic carbocycles. The number of anilines is 2. The van der Waals surface area contributed by atoms with Crippen molar-refractivity contribution >= 4 is 33.2 Å². The van der Waals surface area contributed by atoms with Gasteiger partial charge in [0.15, 0.2) is 0 Å². The minimum Gasteiger partial charge on any atom is -0.311 e. The van der Waals surface area contributed by atoms with Crippen molar-refractivity contribution in [2.24, 2.45) is 0 Å². The molecule has 3 nitrogen and oxygen atoms in total. The van der Waals surface area contributed by atoms with Crippen molar-refractivity contribution in [3.8, 4) is 16.8 Å². The van der Waals surface area contributed by atoms with E-state index in [4.69, 9.17) is 0 Å². The summed E-state index contributed by atoms with van der Waals surface area (Å²) < 4.78 is 2.30. The fourth-order valence-corrected chi connectivity index (χ4v) is 5.20. The molecule has 6 rings (SSSR count). The summed E-state index contributed by atoms with van der Waals surface area (Å²) in [6.07, 6.45) is 11.8. The first-order valence-corrected chi connectivity index (χ1v) is 13.1. The zero-order valence-electron chi connectivity index (χ0n) is 21.9. The summed E-state index contributed by atoms with van der Waals surface area (Å²) in [5, 5.41) is 2.49.